The average Bonchev–Trinajstić information content (AvgIpc) is 2.17. The van der Waals surface area contributed by atoms with Gasteiger partial charge in [-0.05, 0) is 26.7 Å². The van der Waals surface area contributed by atoms with E-state index in [4.69, 9.17) is 0 Å². The van der Waals surface area contributed by atoms with Crippen LogP contribution < -0.4 is 0 Å². The summed E-state index contributed by atoms with van der Waals surface area (Å²) < 4.78 is 0. The van der Waals surface area contributed by atoms with Gasteiger partial charge in [-0.3, -0.25) is 0 Å². The molecule has 90 valence electrons. The van der Waals surface area contributed by atoms with E-state index in [0.717, 1.165) is 12.8 Å². The summed E-state index contributed by atoms with van der Waals surface area (Å²) in [6.45, 7) is 7.43. The standard InChI is InChI=1S/C12H25NO2/c1-5-7-8-9-10-12(6-2,13-15)11(3,4)14/h14H,5-10H2,1-4H3. The summed E-state index contributed by atoms with van der Waals surface area (Å²) in [6.07, 6.45) is 5.74. The van der Waals surface area contributed by atoms with Crippen molar-refractivity contribution in [2.24, 2.45) is 5.18 Å². The first-order chi connectivity index (χ1) is 6.93. The molecule has 0 aliphatic heterocycles. The summed E-state index contributed by atoms with van der Waals surface area (Å²) >= 11 is 0. The fourth-order valence-electron chi connectivity index (χ4n) is 1.98. The smallest absolute Gasteiger partial charge is 0.130 e. The van der Waals surface area contributed by atoms with Crippen molar-refractivity contribution in [3.63, 3.8) is 0 Å². The van der Waals surface area contributed by atoms with Crippen molar-refractivity contribution in [3.05, 3.63) is 4.91 Å². The summed E-state index contributed by atoms with van der Waals surface area (Å²) in [5, 5.41) is 13.2. The molecule has 0 aliphatic carbocycles. The first-order valence-corrected chi connectivity index (χ1v) is 6.00. The van der Waals surface area contributed by atoms with Gasteiger partial charge in [0.15, 0.2) is 0 Å². The largest absolute Gasteiger partial charge is 0.388 e. The highest BCUT2D eigenvalue weighted by Crippen LogP contribution is 2.34. The lowest BCUT2D eigenvalue weighted by molar-refractivity contribution is -0.00949. The van der Waals surface area contributed by atoms with Gasteiger partial charge in [-0.25, -0.2) is 0 Å². The average molecular weight is 215 g/mol. The summed E-state index contributed by atoms with van der Waals surface area (Å²) in [5.41, 5.74) is -1.82. The molecule has 3 nitrogen and oxygen atoms in total. The molecule has 0 aliphatic rings. The first kappa shape index (κ1) is 14.6. The van der Waals surface area contributed by atoms with Crippen LogP contribution in [0.5, 0.6) is 0 Å². The zero-order valence-corrected chi connectivity index (χ0v) is 10.5. The second-order valence-corrected chi connectivity index (χ2v) is 4.85. The van der Waals surface area contributed by atoms with Crippen molar-refractivity contribution < 1.29 is 5.11 Å². The molecule has 0 heterocycles. The molecule has 3 heteroatoms. The molecule has 0 fully saturated rings. The minimum absolute atomic E-state index is 0.603. The number of hydrogen-bond acceptors (Lipinski definition) is 3. The van der Waals surface area contributed by atoms with Crippen molar-refractivity contribution in [3.8, 4) is 0 Å². The van der Waals surface area contributed by atoms with Crippen LogP contribution in [0, 0.1) is 4.91 Å². The third-order valence-electron chi connectivity index (χ3n) is 3.34. The lowest BCUT2D eigenvalue weighted by atomic mass is 9.77. The number of hydrogen-bond donors (Lipinski definition) is 1. The van der Waals surface area contributed by atoms with Crippen LogP contribution in [-0.2, 0) is 0 Å². The molecule has 0 radical (unpaired) electrons. The van der Waals surface area contributed by atoms with Crippen molar-refractivity contribution in [1.82, 2.24) is 0 Å². The summed E-state index contributed by atoms with van der Waals surface area (Å²) in [6, 6.07) is 0. The van der Waals surface area contributed by atoms with Crippen LogP contribution in [0.15, 0.2) is 5.18 Å². The first-order valence-electron chi connectivity index (χ1n) is 6.00. The third kappa shape index (κ3) is 3.90. The van der Waals surface area contributed by atoms with Gasteiger partial charge in [0.1, 0.15) is 5.54 Å². The Kier molecular flexibility index (Phi) is 6.03. The van der Waals surface area contributed by atoms with E-state index >= 15 is 0 Å². The van der Waals surface area contributed by atoms with E-state index in [1.54, 1.807) is 13.8 Å². The fourth-order valence-corrected chi connectivity index (χ4v) is 1.98. The lowest BCUT2D eigenvalue weighted by Crippen LogP contribution is -2.47. The molecule has 1 N–H and O–H groups in total. The number of aliphatic hydroxyl groups is 1. The second kappa shape index (κ2) is 6.21. The highest BCUT2D eigenvalue weighted by molar-refractivity contribution is 4.99. The molecule has 1 atom stereocenters. The van der Waals surface area contributed by atoms with Gasteiger partial charge in [-0.2, -0.15) is 4.91 Å². The molecule has 1 unspecified atom stereocenters. The van der Waals surface area contributed by atoms with Crippen molar-refractivity contribution >= 4 is 0 Å². The quantitative estimate of drug-likeness (QED) is 0.496. The van der Waals surface area contributed by atoms with E-state index in [2.05, 4.69) is 12.1 Å². The summed E-state index contributed by atoms with van der Waals surface area (Å²) in [4.78, 5) is 11.0. The van der Waals surface area contributed by atoms with Crippen LogP contribution >= 0.6 is 0 Å². The van der Waals surface area contributed by atoms with Gasteiger partial charge in [0.25, 0.3) is 0 Å². The zero-order valence-electron chi connectivity index (χ0n) is 10.5. The van der Waals surface area contributed by atoms with E-state index < -0.39 is 11.1 Å². The molecule has 15 heavy (non-hydrogen) atoms. The Labute approximate surface area is 93.2 Å². The van der Waals surface area contributed by atoms with Gasteiger partial charge < -0.3 is 5.11 Å². The molecule has 0 aromatic rings. The predicted octanol–water partition coefficient (Wildman–Crippen LogP) is 3.64. The molecule has 0 spiro atoms. The molecular weight excluding hydrogens is 190 g/mol. The van der Waals surface area contributed by atoms with Gasteiger partial charge in [0.2, 0.25) is 0 Å². The van der Waals surface area contributed by atoms with E-state index in [1.165, 1.54) is 12.8 Å². The fraction of sp³-hybridized carbons (Fsp3) is 1.00. The highest BCUT2D eigenvalue weighted by atomic mass is 16.3. The Morgan fingerprint density at radius 2 is 1.73 bits per heavy atom. The Bertz CT molecular complexity index is 187. The molecular formula is C12H25NO2. The Balaban J connectivity index is 4.33. The number of unbranched alkanes of at least 4 members (excludes halogenated alkanes) is 3. The normalized spacial score (nSPS) is 16.1. The van der Waals surface area contributed by atoms with Gasteiger partial charge in [0, 0.05) is 0 Å². The number of nitrogens with zero attached hydrogens (tertiary/aromatic N) is 1. The van der Waals surface area contributed by atoms with E-state index in [0.29, 0.717) is 12.8 Å². The summed E-state index contributed by atoms with van der Waals surface area (Å²) in [7, 11) is 0. The van der Waals surface area contributed by atoms with Crippen molar-refractivity contribution in [2.45, 2.75) is 77.4 Å². The van der Waals surface area contributed by atoms with Crippen LogP contribution in [0.4, 0.5) is 0 Å². The third-order valence-corrected chi connectivity index (χ3v) is 3.34. The van der Waals surface area contributed by atoms with Gasteiger partial charge in [0.05, 0.1) is 5.60 Å². The van der Waals surface area contributed by atoms with Crippen LogP contribution in [-0.4, -0.2) is 16.2 Å². The minimum Gasteiger partial charge on any atom is -0.388 e. The van der Waals surface area contributed by atoms with Gasteiger partial charge in [-0.1, -0.05) is 44.7 Å². The van der Waals surface area contributed by atoms with E-state index in [9.17, 15) is 10.0 Å². The van der Waals surface area contributed by atoms with Crippen molar-refractivity contribution in [1.29, 1.82) is 0 Å². The van der Waals surface area contributed by atoms with E-state index in [1.807, 2.05) is 6.92 Å². The molecule has 0 rings (SSSR count). The summed E-state index contributed by atoms with van der Waals surface area (Å²) in [5.74, 6) is 0. The lowest BCUT2D eigenvalue weighted by Gasteiger charge is -2.36. The second-order valence-electron chi connectivity index (χ2n) is 4.85. The topological polar surface area (TPSA) is 49.7 Å². The monoisotopic (exact) mass is 215 g/mol. The molecule has 0 bridgehead atoms. The van der Waals surface area contributed by atoms with Crippen molar-refractivity contribution in [2.75, 3.05) is 0 Å². The van der Waals surface area contributed by atoms with Crippen LogP contribution in [0.1, 0.15) is 66.2 Å². The Morgan fingerprint density at radius 3 is 2.07 bits per heavy atom. The van der Waals surface area contributed by atoms with Crippen LogP contribution in [0.3, 0.4) is 0 Å². The Morgan fingerprint density at radius 1 is 1.13 bits per heavy atom. The molecule has 0 amide bonds. The SMILES string of the molecule is CCCCCCC(CC)(N=O)C(C)(C)O. The number of rotatable bonds is 8. The maximum Gasteiger partial charge on any atom is 0.130 e. The molecule has 0 aromatic carbocycles. The van der Waals surface area contributed by atoms with Gasteiger partial charge >= 0.3 is 0 Å². The molecule has 0 aromatic heterocycles. The van der Waals surface area contributed by atoms with Crippen LogP contribution in [0.25, 0.3) is 0 Å². The van der Waals surface area contributed by atoms with Gasteiger partial charge in [-0.15, -0.1) is 0 Å². The zero-order chi connectivity index (χ0) is 11.9. The minimum atomic E-state index is -1.02. The van der Waals surface area contributed by atoms with Crippen LogP contribution in [0.2, 0.25) is 0 Å². The molecule has 0 saturated carbocycles. The number of nitroso groups, excluding NO2 is 1. The maximum atomic E-state index is 11.0. The Hall–Kier alpha value is -0.440. The highest BCUT2D eigenvalue weighted by Gasteiger charge is 2.43. The molecule has 0 saturated heterocycles. The van der Waals surface area contributed by atoms with E-state index in [-0.39, 0.29) is 0 Å². The maximum absolute atomic E-state index is 11.0. The predicted molar refractivity (Wildman–Crippen MR) is 63.9 cm³/mol.